The highest BCUT2D eigenvalue weighted by Crippen LogP contribution is 2.14. The lowest BCUT2D eigenvalue weighted by Crippen LogP contribution is -2.41. The van der Waals surface area contributed by atoms with Crippen molar-refractivity contribution in [2.75, 3.05) is 11.9 Å². The first-order chi connectivity index (χ1) is 8.91. The average Bonchev–Trinajstić information content (AvgIpc) is 2.36. The fraction of sp³-hybridized carbons (Fsp3) is 0.250. The van der Waals surface area contributed by atoms with Crippen LogP contribution in [-0.4, -0.2) is 35.5 Å². The van der Waals surface area contributed by atoms with Gasteiger partial charge in [-0.15, -0.1) is 0 Å². The van der Waals surface area contributed by atoms with Crippen molar-refractivity contribution >= 4 is 23.5 Å². The fourth-order valence-corrected chi connectivity index (χ4v) is 1.29. The summed E-state index contributed by atoms with van der Waals surface area (Å²) in [6, 6.07) is 5.54. The molecule has 0 bridgehead atoms. The Bertz CT molecular complexity index is 500. The van der Waals surface area contributed by atoms with Gasteiger partial charge in [-0.1, -0.05) is 12.1 Å². The predicted molar refractivity (Wildman–Crippen MR) is 68.7 cm³/mol. The molecule has 102 valence electrons. The molecule has 1 aromatic rings. The Balaban J connectivity index is 2.72. The Morgan fingerprint density at radius 3 is 2.47 bits per heavy atom. The van der Waals surface area contributed by atoms with Crippen molar-refractivity contribution in [1.82, 2.24) is 5.32 Å². The highest BCUT2D eigenvalue weighted by Gasteiger charge is 2.17. The summed E-state index contributed by atoms with van der Waals surface area (Å²) in [7, 11) is 0. The summed E-state index contributed by atoms with van der Waals surface area (Å²) in [6.07, 6.45) is 0. The number of nitrogens with one attached hydrogen (secondary N) is 2. The summed E-state index contributed by atoms with van der Waals surface area (Å²) in [4.78, 5) is 33.9. The monoisotopic (exact) mass is 265 g/mol. The van der Waals surface area contributed by atoms with Crippen LogP contribution in [0.4, 0.5) is 5.69 Å². The molecule has 5 N–H and O–H groups in total. The minimum atomic E-state index is -1.19. The van der Waals surface area contributed by atoms with Gasteiger partial charge in [0.15, 0.2) is 0 Å². The third kappa shape index (κ3) is 4.40. The van der Waals surface area contributed by atoms with Gasteiger partial charge < -0.3 is 21.5 Å². The Labute approximate surface area is 109 Å². The van der Waals surface area contributed by atoms with Crippen molar-refractivity contribution in [2.45, 2.75) is 13.0 Å². The molecule has 1 aromatic carbocycles. The number of carboxylic acids is 1. The average molecular weight is 265 g/mol. The van der Waals surface area contributed by atoms with E-state index in [4.69, 9.17) is 10.8 Å². The number of aromatic carboxylic acids is 1. The van der Waals surface area contributed by atoms with Crippen molar-refractivity contribution in [3.8, 4) is 0 Å². The van der Waals surface area contributed by atoms with Gasteiger partial charge in [-0.25, -0.2) is 4.79 Å². The van der Waals surface area contributed by atoms with E-state index in [2.05, 4.69) is 10.6 Å². The number of benzene rings is 1. The summed E-state index contributed by atoms with van der Waals surface area (Å²) >= 11 is 0. The van der Waals surface area contributed by atoms with Gasteiger partial charge in [0.1, 0.15) is 0 Å². The molecule has 1 rings (SSSR count). The normalized spacial score (nSPS) is 11.5. The first-order valence-corrected chi connectivity index (χ1v) is 5.59. The smallest absolute Gasteiger partial charge is 0.337 e. The highest BCUT2D eigenvalue weighted by atomic mass is 16.4. The van der Waals surface area contributed by atoms with E-state index in [0.29, 0.717) is 0 Å². The Morgan fingerprint density at radius 2 is 1.89 bits per heavy atom. The summed E-state index contributed by atoms with van der Waals surface area (Å²) in [5, 5.41) is 13.5. The molecule has 0 aliphatic heterocycles. The quantitative estimate of drug-likeness (QED) is 0.561. The Hall–Kier alpha value is -2.41. The summed E-state index contributed by atoms with van der Waals surface area (Å²) in [5.41, 5.74) is 5.41. The van der Waals surface area contributed by atoms with Crippen molar-refractivity contribution in [2.24, 2.45) is 5.73 Å². The van der Waals surface area contributed by atoms with E-state index in [1.807, 2.05) is 0 Å². The number of carbonyl (C=O) groups excluding carboxylic acids is 2. The molecule has 0 aliphatic rings. The second-order valence-corrected chi connectivity index (χ2v) is 3.99. The van der Waals surface area contributed by atoms with E-state index in [-0.39, 0.29) is 23.8 Å². The number of hydrogen-bond donors (Lipinski definition) is 4. The van der Waals surface area contributed by atoms with Gasteiger partial charge in [0.05, 0.1) is 11.3 Å². The Morgan fingerprint density at radius 1 is 1.26 bits per heavy atom. The van der Waals surface area contributed by atoms with Crippen LogP contribution in [-0.2, 0) is 9.59 Å². The lowest BCUT2D eigenvalue weighted by atomic mass is 10.2. The van der Waals surface area contributed by atoms with Crippen LogP contribution in [0.15, 0.2) is 24.3 Å². The maximum absolute atomic E-state index is 11.5. The van der Waals surface area contributed by atoms with Gasteiger partial charge >= 0.3 is 17.8 Å². The molecule has 0 unspecified atom stereocenters. The number of nitrogens with two attached hydrogens (primary N) is 1. The van der Waals surface area contributed by atoms with E-state index in [1.54, 1.807) is 13.0 Å². The van der Waals surface area contributed by atoms with Crippen molar-refractivity contribution in [3.05, 3.63) is 29.8 Å². The molecule has 7 nitrogen and oxygen atoms in total. The van der Waals surface area contributed by atoms with Gasteiger partial charge in [-0.2, -0.15) is 0 Å². The number of para-hydroxylation sites is 1. The molecular weight excluding hydrogens is 250 g/mol. The molecule has 0 aliphatic carbocycles. The second kappa shape index (κ2) is 6.50. The lowest BCUT2D eigenvalue weighted by molar-refractivity contribution is -0.136. The van der Waals surface area contributed by atoms with E-state index < -0.39 is 17.8 Å². The van der Waals surface area contributed by atoms with Crippen LogP contribution in [0, 0.1) is 0 Å². The van der Waals surface area contributed by atoms with Crippen LogP contribution >= 0.6 is 0 Å². The van der Waals surface area contributed by atoms with Crippen LogP contribution in [0.5, 0.6) is 0 Å². The lowest BCUT2D eigenvalue weighted by Gasteiger charge is -2.09. The van der Waals surface area contributed by atoms with Gasteiger partial charge in [-0.3, -0.25) is 9.59 Å². The first-order valence-electron chi connectivity index (χ1n) is 5.59. The third-order valence-corrected chi connectivity index (χ3v) is 2.20. The highest BCUT2D eigenvalue weighted by molar-refractivity contribution is 6.40. The van der Waals surface area contributed by atoms with Crippen LogP contribution < -0.4 is 16.4 Å². The molecule has 0 saturated carbocycles. The molecule has 0 heterocycles. The Kier molecular flexibility index (Phi) is 5.01. The molecule has 0 radical (unpaired) electrons. The number of carbonyl (C=O) groups is 3. The minimum absolute atomic E-state index is 0.0657. The van der Waals surface area contributed by atoms with Crippen LogP contribution in [0.1, 0.15) is 17.3 Å². The largest absolute Gasteiger partial charge is 0.478 e. The van der Waals surface area contributed by atoms with E-state index in [0.717, 1.165) is 0 Å². The third-order valence-electron chi connectivity index (χ3n) is 2.20. The van der Waals surface area contributed by atoms with E-state index in [9.17, 15) is 14.4 Å². The topological polar surface area (TPSA) is 122 Å². The van der Waals surface area contributed by atoms with E-state index in [1.165, 1.54) is 18.2 Å². The predicted octanol–water partition coefficient (Wildman–Crippen LogP) is -0.213. The van der Waals surface area contributed by atoms with Crippen LogP contribution in [0.2, 0.25) is 0 Å². The second-order valence-electron chi connectivity index (χ2n) is 3.99. The van der Waals surface area contributed by atoms with Crippen molar-refractivity contribution in [3.63, 3.8) is 0 Å². The van der Waals surface area contributed by atoms with Gasteiger partial charge in [0, 0.05) is 12.6 Å². The number of rotatable bonds is 4. The summed E-state index contributed by atoms with van der Waals surface area (Å²) in [5.74, 6) is -2.99. The molecular formula is C12H15N3O4. The van der Waals surface area contributed by atoms with Crippen molar-refractivity contribution in [1.29, 1.82) is 0 Å². The molecule has 0 aromatic heterocycles. The molecule has 1 atom stereocenters. The van der Waals surface area contributed by atoms with Gasteiger partial charge in [0.25, 0.3) is 0 Å². The molecule has 19 heavy (non-hydrogen) atoms. The fourth-order valence-electron chi connectivity index (χ4n) is 1.29. The van der Waals surface area contributed by atoms with Crippen LogP contribution in [0.25, 0.3) is 0 Å². The molecule has 0 spiro atoms. The number of anilines is 1. The number of carboxylic acid groups (broad SMARTS) is 1. The number of hydrogen-bond acceptors (Lipinski definition) is 4. The standard InChI is InChI=1S/C12H15N3O4/c1-7(13)6-14-10(16)11(17)15-9-5-3-2-4-8(9)12(18)19/h2-5,7H,6,13H2,1H3,(H,14,16)(H,15,17)(H,18,19)/t7-/m0/s1. The zero-order valence-electron chi connectivity index (χ0n) is 10.3. The van der Waals surface area contributed by atoms with Gasteiger partial charge in [0.2, 0.25) is 0 Å². The van der Waals surface area contributed by atoms with E-state index >= 15 is 0 Å². The first kappa shape index (κ1) is 14.7. The molecule has 2 amide bonds. The zero-order chi connectivity index (χ0) is 14.4. The van der Waals surface area contributed by atoms with Crippen molar-refractivity contribution < 1.29 is 19.5 Å². The van der Waals surface area contributed by atoms with Gasteiger partial charge in [-0.05, 0) is 19.1 Å². The maximum atomic E-state index is 11.5. The molecule has 7 heteroatoms. The zero-order valence-corrected chi connectivity index (χ0v) is 10.3. The molecule has 0 saturated heterocycles. The maximum Gasteiger partial charge on any atom is 0.337 e. The summed E-state index contributed by atoms with van der Waals surface area (Å²) < 4.78 is 0. The SMILES string of the molecule is C[C@H](N)CNC(=O)C(=O)Nc1ccccc1C(=O)O. The summed E-state index contributed by atoms with van der Waals surface area (Å²) in [6.45, 7) is 1.84. The minimum Gasteiger partial charge on any atom is -0.478 e. The van der Waals surface area contributed by atoms with Crippen LogP contribution in [0.3, 0.4) is 0 Å². The molecule has 0 fully saturated rings. The number of amides is 2.